The van der Waals surface area contributed by atoms with E-state index in [0.29, 0.717) is 0 Å². The van der Waals surface area contributed by atoms with E-state index >= 15 is 0 Å². The van der Waals surface area contributed by atoms with Gasteiger partial charge >= 0.3 is 0 Å². The lowest BCUT2D eigenvalue weighted by molar-refractivity contribution is 1.28. The lowest BCUT2D eigenvalue weighted by Gasteiger charge is -2.03. The van der Waals surface area contributed by atoms with Crippen LogP contribution in [0.5, 0.6) is 0 Å². The number of aryl methyl sites for hydroxylation is 1. The zero-order valence-corrected chi connectivity index (χ0v) is 13.3. The van der Waals surface area contributed by atoms with Crippen molar-refractivity contribution in [3.05, 3.63) is 41.6 Å². The summed E-state index contributed by atoms with van der Waals surface area (Å²) in [4.78, 5) is 4.13. The second kappa shape index (κ2) is 4.88. The van der Waals surface area contributed by atoms with Crippen LogP contribution in [0.2, 0.25) is 4.34 Å². The normalized spacial score (nSPS) is 13.1. The topological polar surface area (TPSA) is 0 Å². The van der Waals surface area contributed by atoms with Gasteiger partial charge in [-0.3, -0.25) is 0 Å². The molecule has 0 bridgehead atoms. The Morgan fingerprint density at radius 3 is 2.47 bits per heavy atom. The summed E-state index contributed by atoms with van der Waals surface area (Å²) in [7, 11) is 0. The number of hydrogen-bond acceptors (Lipinski definition) is 2. The van der Waals surface area contributed by atoms with Crippen molar-refractivity contribution in [2.75, 3.05) is 0 Å². The van der Waals surface area contributed by atoms with Crippen LogP contribution in [-0.4, -0.2) is 0 Å². The smallest absolute Gasteiger partial charge is 0.107 e. The van der Waals surface area contributed by atoms with Crippen LogP contribution in [0.1, 0.15) is 19.5 Å². The van der Waals surface area contributed by atoms with Gasteiger partial charge in [-0.2, -0.15) is 0 Å². The Labute approximate surface area is 119 Å². The molecular formula is C10H7Br2ClS2. The van der Waals surface area contributed by atoms with E-state index in [0.717, 1.165) is 8.81 Å². The van der Waals surface area contributed by atoms with Crippen LogP contribution in [-0.2, 0) is 0 Å². The third-order valence-corrected chi connectivity index (χ3v) is 7.12. The van der Waals surface area contributed by atoms with Crippen LogP contribution in [0.25, 0.3) is 0 Å². The van der Waals surface area contributed by atoms with Crippen molar-refractivity contribution in [2.24, 2.45) is 0 Å². The highest BCUT2D eigenvalue weighted by Crippen LogP contribution is 2.42. The molecule has 0 aromatic carbocycles. The van der Waals surface area contributed by atoms with Gasteiger partial charge in [-0.05, 0) is 41.1 Å². The van der Waals surface area contributed by atoms with Crippen molar-refractivity contribution in [2.45, 2.75) is 11.8 Å². The van der Waals surface area contributed by atoms with E-state index in [1.165, 1.54) is 14.6 Å². The standard InChI is InChI=1S/C10H7Br2ClS2/c1-5-2-3-7(14-5)9(12)8-4-6(11)10(13)15-8/h2-4,9H,1H3. The van der Waals surface area contributed by atoms with Crippen LogP contribution in [0.3, 0.4) is 0 Å². The molecule has 2 rings (SSSR count). The first-order valence-corrected chi connectivity index (χ1v) is 7.95. The highest BCUT2D eigenvalue weighted by molar-refractivity contribution is 9.10. The Kier molecular flexibility index (Phi) is 3.94. The first-order chi connectivity index (χ1) is 7.08. The van der Waals surface area contributed by atoms with Crippen molar-refractivity contribution in [3.8, 4) is 0 Å². The monoisotopic (exact) mass is 384 g/mol. The maximum absolute atomic E-state index is 6.02. The lowest BCUT2D eigenvalue weighted by Crippen LogP contribution is -1.83. The molecule has 1 atom stereocenters. The van der Waals surface area contributed by atoms with E-state index in [2.05, 4.69) is 57.0 Å². The van der Waals surface area contributed by atoms with Gasteiger partial charge in [0.15, 0.2) is 0 Å². The molecular weight excluding hydrogens is 380 g/mol. The van der Waals surface area contributed by atoms with E-state index in [9.17, 15) is 0 Å². The Balaban J connectivity index is 2.31. The van der Waals surface area contributed by atoms with Gasteiger partial charge in [0.1, 0.15) is 4.34 Å². The summed E-state index contributed by atoms with van der Waals surface area (Å²) < 4.78 is 1.78. The molecule has 2 aromatic rings. The number of alkyl halides is 1. The van der Waals surface area contributed by atoms with Gasteiger partial charge in [0.2, 0.25) is 0 Å². The summed E-state index contributed by atoms with van der Waals surface area (Å²) in [5, 5.41) is 0. The van der Waals surface area contributed by atoms with Gasteiger partial charge in [-0.25, -0.2) is 0 Å². The van der Waals surface area contributed by atoms with Crippen molar-refractivity contribution in [3.63, 3.8) is 0 Å². The molecule has 1 unspecified atom stereocenters. The summed E-state index contributed by atoms with van der Waals surface area (Å²) in [6.07, 6.45) is 0. The molecule has 0 N–H and O–H groups in total. The zero-order valence-electron chi connectivity index (χ0n) is 7.76. The molecule has 2 aromatic heterocycles. The molecule has 15 heavy (non-hydrogen) atoms. The number of rotatable bonds is 2. The fourth-order valence-electron chi connectivity index (χ4n) is 1.22. The molecule has 0 saturated carbocycles. The maximum Gasteiger partial charge on any atom is 0.107 e. The summed E-state index contributed by atoms with van der Waals surface area (Å²) in [6.45, 7) is 2.12. The van der Waals surface area contributed by atoms with Crippen LogP contribution in [0.15, 0.2) is 22.7 Å². The second-order valence-corrected chi connectivity index (χ2v) is 7.86. The minimum atomic E-state index is 0.255. The van der Waals surface area contributed by atoms with Crippen LogP contribution in [0.4, 0.5) is 0 Å². The van der Waals surface area contributed by atoms with Gasteiger partial charge in [0.05, 0.1) is 4.83 Å². The Morgan fingerprint density at radius 1 is 1.27 bits per heavy atom. The third kappa shape index (κ3) is 2.67. The highest BCUT2D eigenvalue weighted by atomic mass is 79.9. The minimum absolute atomic E-state index is 0.255. The fraction of sp³-hybridized carbons (Fsp3) is 0.200. The molecule has 0 fully saturated rings. The summed E-state index contributed by atoms with van der Waals surface area (Å²) in [6, 6.07) is 6.36. The maximum atomic E-state index is 6.02. The third-order valence-electron chi connectivity index (χ3n) is 1.92. The van der Waals surface area contributed by atoms with E-state index in [-0.39, 0.29) is 4.83 Å². The van der Waals surface area contributed by atoms with Gasteiger partial charge in [0.25, 0.3) is 0 Å². The minimum Gasteiger partial charge on any atom is -0.144 e. The Hall–Kier alpha value is 0.650. The van der Waals surface area contributed by atoms with E-state index in [1.54, 1.807) is 11.3 Å². The van der Waals surface area contributed by atoms with Gasteiger partial charge in [-0.1, -0.05) is 27.5 Å². The summed E-state index contributed by atoms with van der Waals surface area (Å²) >= 11 is 16.6. The van der Waals surface area contributed by atoms with E-state index < -0.39 is 0 Å². The van der Waals surface area contributed by atoms with Crippen LogP contribution < -0.4 is 0 Å². The predicted octanol–water partition coefficient (Wildman–Crippen LogP) is 6.02. The summed E-state index contributed by atoms with van der Waals surface area (Å²) in [5.41, 5.74) is 0. The Morgan fingerprint density at radius 2 is 2.00 bits per heavy atom. The van der Waals surface area contributed by atoms with Gasteiger partial charge < -0.3 is 0 Å². The van der Waals surface area contributed by atoms with E-state index in [4.69, 9.17) is 11.6 Å². The van der Waals surface area contributed by atoms with Gasteiger partial charge in [0, 0.05) is 19.1 Å². The van der Waals surface area contributed by atoms with Gasteiger partial charge in [-0.15, -0.1) is 22.7 Å². The number of halogens is 3. The summed E-state index contributed by atoms with van der Waals surface area (Å²) in [5.74, 6) is 0. The molecule has 0 aliphatic carbocycles. The first kappa shape index (κ1) is 12.1. The molecule has 0 radical (unpaired) electrons. The molecule has 0 aliphatic heterocycles. The van der Waals surface area contributed by atoms with Crippen molar-refractivity contribution in [1.29, 1.82) is 0 Å². The molecule has 0 spiro atoms. The van der Waals surface area contributed by atoms with Crippen molar-refractivity contribution < 1.29 is 0 Å². The number of thiophene rings is 2. The molecule has 80 valence electrons. The SMILES string of the molecule is Cc1ccc(C(Br)c2cc(Br)c(Cl)s2)s1. The van der Waals surface area contributed by atoms with Crippen molar-refractivity contribution >= 4 is 66.1 Å². The quantitative estimate of drug-likeness (QED) is 0.554. The van der Waals surface area contributed by atoms with Crippen LogP contribution in [0, 0.1) is 6.92 Å². The Bertz CT molecular complexity index is 456. The largest absolute Gasteiger partial charge is 0.144 e. The molecule has 0 nitrogen and oxygen atoms in total. The second-order valence-electron chi connectivity index (χ2n) is 3.08. The molecule has 0 aliphatic rings. The molecule has 0 saturated heterocycles. The average Bonchev–Trinajstić information content (AvgIpc) is 2.74. The van der Waals surface area contributed by atoms with Crippen LogP contribution >= 0.6 is 66.1 Å². The predicted molar refractivity (Wildman–Crippen MR) is 76.9 cm³/mol. The molecule has 5 heteroatoms. The highest BCUT2D eigenvalue weighted by Gasteiger charge is 2.16. The lowest BCUT2D eigenvalue weighted by atomic mass is 10.3. The number of hydrogen-bond donors (Lipinski definition) is 0. The first-order valence-electron chi connectivity index (χ1n) is 4.23. The zero-order chi connectivity index (χ0) is 11.0. The fourth-order valence-corrected chi connectivity index (χ4v) is 4.75. The van der Waals surface area contributed by atoms with Crippen molar-refractivity contribution in [1.82, 2.24) is 0 Å². The molecule has 0 amide bonds. The average molecular weight is 387 g/mol. The molecule has 2 heterocycles. The van der Waals surface area contributed by atoms with E-state index in [1.807, 2.05) is 11.3 Å².